The van der Waals surface area contributed by atoms with Crippen molar-refractivity contribution in [1.82, 2.24) is 0 Å². The zero-order chi connectivity index (χ0) is 18.7. The van der Waals surface area contributed by atoms with E-state index in [1.165, 1.54) is 33.4 Å². The van der Waals surface area contributed by atoms with E-state index in [0.717, 1.165) is 6.42 Å². The van der Waals surface area contributed by atoms with Crippen LogP contribution in [0.4, 0.5) is 0 Å². The molecule has 0 aliphatic rings. The lowest BCUT2D eigenvalue weighted by Crippen LogP contribution is -1.87. The minimum absolute atomic E-state index is 1.14. The summed E-state index contributed by atoms with van der Waals surface area (Å²) in [5, 5.41) is 0. The highest BCUT2D eigenvalue weighted by Gasteiger charge is 2.03. The molecular formula is C25H32. The monoisotopic (exact) mass is 332 g/mol. The quantitative estimate of drug-likeness (QED) is 0.454. The second-order valence-electron chi connectivity index (χ2n) is 5.97. The van der Waals surface area contributed by atoms with Gasteiger partial charge >= 0.3 is 0 Å². The van der Waals surface area contributed by atoms with Gasteiger partial charge in [-0.25, -0.2) is 0 Å². The van der Waals surface area contributed by atoms with Crippen LogP contribution in [0.2, 0.25) is 0 Å². The molecule has 0 aliphatic heterocycles. The van der Waals surface area contributed by atoms with Crippen molar-refractivity contribution in [3.63, 3.8) is 0 Å². The van der Waals surface area contributed by atoms with E-state index in [1.54, 1.807) is 0 Å². The Kier molecular flexibility index (Phi) is 9.32. The third-order valence-corrected chi connectivity index (χ3v) is 4.07. The van der Waals surface area contributed by atoms with Crippen LogP contribution in [0.25, 0.3) is 11.1 Å². The van der Waals surface area contributed by atoms with Crippen molar-refractivity contribution in [3.8, 4) is 11.1 Å². The van der Waals surface area contributed by atoms with Gasteiger partial charge in [0.2, 0.25) is 0 Å². The molecule has 0 heterocycles. The van der Waals surface area contributed by atoms with Crippen LogP contribution in [0.1, 0.15) is 43.0 Å². The molecule has 0 aliphatic carbocycles. The van der Waals surface area contributed by atoms with Crippen LogP contribution in [0, 0.1) is 20.8 Å². The maximum absolute atomic E-state index is 2.24. The molecule has 0 heteroatoms. The topological polar surface area (TPSA) is 0 Å². The minimum Gasteiger partial charge on any atom is -0.0683 e. The largest absolute Gasteiger partial charge is 0.0683 e. The Morgan fingerprint density at radius 2 is 1.16 bits per heavy atom. The van der Waals surface area contributed by atoms with Gasteiger partial charge in [0, 0.05) is 0 Å². The highest BCUT2D eigenvalue weighted by atomic mass is 14.1. The van der Waals surface area contributed by atoms with E-state index in [2.05, 4.69) is 94.4 Å². The molecule has 3 aromatic rings. The third kappa shape index (κ3) is 6.58. The fourth-order valence-corrected chi connectivity index (χ4v) is 2.70. The van der Waals surface area contributed by atoms with Gasteiger partial charge in [0.05, 0.1) is 0 Å². The van der Waals surface area contributed by atoms with Gasteiger partial charge in [0.25, 0.3) is 0 Å². The standard InChI is InChI=1S/C15H16.C8H10.C2H6/c1-11-8-9-15(13(3)10-11)14-7-5-4-6-12(14)2;1-2-8-6-4-3-5-7-8;1-2/h4-10H,1-3H3;3-7H,2H2,1H3;1-2H3. The smallest absolute Gasteiger partial charge is 0.0152 e. The number of aryl methyl sites for hydroxylation is 4. The van der Waals surface area contributed by atoms with Crippen LogP contribution in [-0.2, 0) is 6.42 Å². The first-order chi connectivity index (χ1) is 12.1. The number of hydrogen-bond donors (Lipinski definition) is 0. The first-order valence-electron chi connectivity index (χ1n) is 9.29. The predicted octanol–water partition coefficient (Wildman–Crippen LogP) is 7.55. The first kappa shape index (κ1) is 20.7. The Hall–Kier alpha value is -2.34. The van der Waals surface area contributed by atoms with Crippen LogP contribution in [0.15, 0.2) is 72.8 Å². The summed E-state index contributed by atoms with van der Waals surface area (Å²) in [5.41, 5.74) is 8.11. The molecule has 0 saturated carbocycles. The molecule has 3 aromatic carbocycles. The maximum atomic E-state index is 2.24. The van der Waals surface area contributed by atoms with Gasteiger partial charge in [-0.3, -0.25) is 0 Å². The van der Waals surface area contributed by atoms with E-state index in [4.69, 9.17) is 0 Å². The molecule has 0 fully saturated rings. The first-order valence-corrected chi connectivity index (χ1v) is 9.29. The zero-order valence-electron chi connectivity index (χ0n) is 16.6. The molecule has 0 amide bonds. The number of hydrogen-bond acceptors (Lipinski definition) is 0. The summed E-state index contributed by atoms with van der Waals surface area (Å²) in [5.74, 6) is 0. The van der Waals surface area contributed by atoms with Crippen LogP contribution in [-0.4, -0.2) is 0 Å². The summed E-state index contributed by atoms with van der Waals surface area (Å²) >= 11 is 0. The van der Waals surface area contributed by atoms with E-state index in [1.807, 2.05) is 19.9 Å². The Morgan fingerprint density at radius 3 is 1.68 bits per heavy atom. The Bertz CT molecular complexity index is 739. The van der Waals surface area contributed by atoms with Gasteiger partial charge in [0.1, 0.15) is 0 Å². The van der Waals surface area contributed by atoms with Gasteiger partial charge in [-0.05, 0) is 55.0 Å². The Morgan fingerprint density at radius 1 is 0.600 bits per heavy atom. The van der Waals surface area contributed by atoms with Gasteiger partial charge in [-0.1, -0.05) is 99.1 Å². The maximum Gasteiger partial charge on any atom is -0.0152 e. The summed E-state index contributed by atoms with van der Waals surface area (Å²) in [4.78, 5) is 0. The van der Waals surface area contributed by atoms with Crippen molar-refractivity contribution in [2.24, 2.45) is 0 Å². The van der Waals surface area contributed by atoms with E-state index >= 15 is 0 Å². The molecule has 25 heavy (non-hydrogen) atoms. The molecule has 0 atom stereocenters. The van der Waals surface area contributed by atoms with Crippen LogP contribution >= 0.6 is 0 Å². The van der Waals surface area contributed by atoms with Gasteiger partial charge in [-0.15, -0.1) is 0 Å². The lowest BCUT2D eigenvalue weighted by molar-refractivity contribution is 1.14. The fraction of sp³-hybridized carbons (Fsp3) is 0.280. The molecule has 132 valence electrons. The normalized spacial score (nSPS) is 9.36. The second kappa shape index (κ2) is 11.3. The summed E-state index contributed by atoms with van der Waals surface area (Å²) in [6.07, 6.45) is 1.14. The predicted molar refractivity (Wildman–Crippen MR) is 113 cm³/mol. The fourth-order valence-electron chi connectivity index (χ4n) is 2.70. The average Bonchev–Trinajstić information content (AvgIpc) is 2.65. The molecule has 3 rings (SSSR count). The van der Waals surface area contributed by atoms with E-state index in [0.29, 0.717) is 0 Å². The van der Waals surface area contributed by atoms with Crippen LogP contribution < -0.4 is 0 Å². The molecule has 0 saturated heterocycles. The number of benzene rings is 3. The van der Waals surface area contributed by atoms with Crippen molar-refractivity contribution >= 4 is 0 Å². The highest BCUT2D eigenvalue weighted by Crippen LogP contribution is 2.26. The summed E-state index contributed by atoms with van der Waals surface area (Å²) in [7, 11) is 0. The van der Waals surface area contributed by atoms with Crippen molar-refractivity contribution in [1.29, 1.82) is 0 Å². The SMILES string of the molecule is CC.CCc1ccccc1.Cc1ccc(-c2ccccc2C)c(C)c1. The lowest BCUT2D eigenvalue weighted by atomic mass is 9.95. The van der Waals surface area contributed by atoms with Crippen molar-refractivity contribution in [3.05, 3.63) is 95.1 Å². The Labute approximate surface area is 154 Å². The second-order valence-corrected chi connectivity index (χ2v) is 5.97. The van der Waals surface area contributed by atoms with Crippen molar-refractivity contribution in [2.45, 2.75) is 48.0 Å². The van der Waals surface area contributed by atoms with Gasteiger partial charge in [-0.2, -0.15) is 0 Å². The number of rotatable bonds is 2. The highest BCUT2D eigenvalue weighted by molar-refractivity contribution is 5.70. The molecule has 0 bridgehead atoms. The molecule has 0 aromatic heterocycles. The molecule has 0 N–H and O–H groups in total. The molecule has 0 radical (unpaired) electrons. The van der Waals surface area contributed by atoms with Gasteiger partial charge in [0.15, 0.2) is 0 Å². The lowest BCUT2D eigenvalue weighted by Gasteiger charge is -2.09. The average molecular weight is 333 g/mol. The Balaban J connectivity index is 0.000000264. The van der Waals surface area contributed by atoms with Crippen LogP contribution in [0.3, 0.4) is 0 Å². The summed E-state index contributed by atoms with van der Waals surface area (Å²) in [6.45, 7) is 12.6. The van der Waals surface area contributed by atoms with E-state index < -0.39 is 0 Å². The summed E-state index contributed by atoms with van der Waals surface area (Å²) in [6, 6.07) is 25.6. The molecular weight excluding hydrogens is 300 g/mol. The van der Waals surface area contributed by atoms with Crippen molar-refractivity contribution < 1.29 is 0 Å². The third-order valence-electron chi connectivity index (χ3n) is 4.07. The zero-order valence-corrected chi connectivity index (χ0v) is 16.6. The van der Waals surface area contributed by atoms with Crippen molar-refractivity contribution in [2.75, 3.05) is 0 Å². The van der Waals surface area contributed by atoms with E-state index in [-0.39, 0.29) is 0 Å². The van der Waals surface area contributed by atoms with Gasteiger partial charge < -0.3 is 0 Å². The van der Waals surface area contributed by atoms with Crippen LogP contribution in [0.5, 0.6) is 0 Å². The van der Waals surface area contributed by atoms with E-state index in [9.17, 15) is 0 Å². The molecule has 0 nitrogen and oxygen atoms in total. The molecule has 0 spiro atoms. The summed E-state index contributed by atoms with van der Waals surface area (Å²) < 4.78 is 0. The molecule has 0 unspecified atom stereocenters. The minimum atomic E-state index is 1.14.